The Morgan fingerprint density at radius 1 is 1.18 bits per heavy atom. The van der Waals surface area contributed by atoms with Crippen molar-refractivity contribution in [2.75, 3.05) is 6.61 Å². The number of thiophene rings is 1. The number of ketones is 1. The predicted molar refractivity (Wildman–Crippen MR) is 109 cm³/mol. The normalized spacial score (nSPS) is 11.2. The summed E-state index contributed by atoms with van der Waals surface area (Å²) in [6.07, 6.45) is 1.36. The van der Waals surface area contributed by atoms with Crippen molar-refractivity contribution in [1.29, 1.82) is 0 Å². The molecule has 0 N–H and O–H groups in total. The average molecular weight is 398 g/mol. The maximum atomic E-state index is 12.9. The molecule has 3 aromatic rings. The van der Waals surface area contributed by atoms with E-state index in [2.05, 4.69) is 4.98 Å². The van der Waals surface area contributed by atoms with Gasteiger partial charge in [0.25, 0.3) is 5.56 Å². The topological polar surface area (TPSA) is 78.3 Å². The number of hydrogen-bond acceptors (Lipinski definition) is 6. The lowest BCUT2D eigenvalue weighted by Crippen LogP contribution is -2.24. The predicted octanol–water partition coefficient (Wildman–Crippen LogP) is 3.77. The van der Waals surface area contributed by atoms with Crippen molar-refractivity contribution in [3.63, 3.8) is 0 Å². The van der Waals surface area contributed by atoms with E-state index in [0.29, 0.717) is 32.8 Å². The van der Waals surface area contributed by atoms with Gasteiger partial charge in [-0.05, 0) is 25.3 Å². The minimum absolute atomic E-state index is 0.104. The Morgan fingerprint density at radius 3 is 2.50 bits per heavy atom. The standard InChI is InChI=1S/C21H22N2O4S/c1-12(2)10-27-21(26)18-14(4)17-19(28-18)22-11-23(20(17)25)9-16(24)15-7-5-13(3)6-8-15/h5-8,11-12H,9-10H2,1-4H3. The summed E-state index contributed by atoms with van der Waals surface area (Å²) in [6.45, 7) is 7.77. The zero-order chi connectivity index (χ0) is 20.4. The Labute approximate surface area is 166 Å². The largest absolute Gasteiger partial charge is 0.461 e. The third-order valence-corrected chi connectivity index (χ3v) is 5.52. The minimum atomic E-state index is -0.448. The molecule has 0 aliphatic rings. The summed E-state index contributed by atoms with van der Waals surface area (Å²) in [6, 6.07) is 7.20. The molecule has 2 heterocycles. The highest BCUT2D eigenvalue weighted by Crippen LogP contribution is 2.27. The highest BCUT2D eigenvalue weighted by molar-refractivity contribution is 7.20. The van der Waals surface area contributed by atoms with Crippen LogP contribution in [0.2, 0.25) is 0 Å². The molecule has 0 radical (unpaired) electrons. The summed E-state index contributed by atoms with van der Waals surface area (Å²) in [5.41, 5.74) is 1.81. The van der Waals surface area contributed by atoms with Gasteiger partial charge in [0, 0.05) is 5.56 Å². The fourth-order valence-electron chi connectivity index (χ4n) is 2.76. The number of esters is 1. The van der Waals surface area contributed by atoms with Crippen molar-refractivity contribution in [1.82, 2.24) is 9.55 Å². The van der Waals surface area contributed by atoms with Crippen molar-refractivity contribution in [3.8, 4) is 0 Å². The zero-order valence-electron chi connectivity index (χ0n) is 16.3. The van der Waals surface area contributed by atoms with Crippen LogP contribution in [0.15, 0.2) is 35.4 Å². The number of fused-ring (bicyclic) bond motifs is 1. The number of hydrogen-bond donors (Lipinski definition) is 0. The molecule has 0 saturated heterocycles. The first kappa shape index (κ1) is 19.9. The van der Waals surface area contributed by atoms with Gasteiger partial charge in [0.15, 0.2) is 5.78 Å². The van der Waals surface area contributed by atoms with Crippen molar-refractivity contribution in [3.05, 3.63) is 62.5 Å². The molecule has 0 aliphatic carbocycles. The molecule has 0 fully saturated rings. The van der Waals surface area contributed by atoms with Crippen LogP contribution in [0.3, 0.4) is 0 Å². The van der Waals surface area contributed by atoms with Crippen LogP contribution in [-0.2, 0) is 11.3 Å². The third-order valence-electron chi connectivity index (χ3n) is 4.34. The van der Waals surface area contributed by atoms with Crippen LogP contribution in [0, 0.1) is 19.8 Å². The van der Waals surface area contributed by atoms with E-state index >= 15 is 0 Å². The van der Waals surface area contributed by atoms with E-state index in [-0.39, 0.29) is 23.8 Å². The van der Waals surface area contributed by atoms with Crippen LogP contribution in [0.5, 0.6) is 0 Å². The molecular formula is C21H22N2O4S. The van der Waals surface area contributed by atoms with E-state index < -0.39 is 5.97 Å². The first-order valence-corrected chi connectivity index (χ1v) is 9.85. The molecule has 28 heavy (non-hydrogen) atoms. The molecule has 0 spiro atoms. The molecule has 0 bridgehead atoms. The second-order valence-corrected chi connectivity index (χ2v) is 8.19. The van der Waals surface area contributed by atoms with Crippen LogP contribution in [-0.4, -0.2) is 27.9 Å². The van der Waals surface area contributed by atoms with Crippen molar-refractivity contribution < 1.29 is 14.3 Å². The molecule has 0 amide bonds. The molecule has 0 unspecified atom stereocenters. The molecule has 2 aromatic heterocycles. The van der Waals surface area contributed by atoms with Gasteiger partial charge in [0.1, 0.15) is 9.71 Å². The van der Waals surface area contributed by atoms with Gasteiger partial charge in [0.2, 0.25) is 0 Å². The molecule has 1 aromatic carbocycles. The number of nitrogens with zero attached hydrogens (tertiary/aromatic N) is 2. The van der Waals surface area contributed by atoms with Crippen LogP contribution in [0.25, 0.3) is 10.2 Å². The van der Waals surface area contributed by atoms with Gasteiger partial charge in [-0.15, -0.1) is 11.3 Å². The number of ether oxygens (including phenoxy) is 1. The van der Waals surface area contributed by atoms with E-state index in [4.69, 9.17) is 4.74 Å². The van der Waals surface area contributed by atoms with E-state index in [1.807, 2.05) is 32.9 Å². The minimum Gasteiger partial charge on any atom is -0.461 e. The summed E-state index contributed by atoms with van der Waals surface area (Å²) >= 11 is 1.14. The summed E-state index contributed by atoms with van der Waals surface area (Å²) in [5, 5.41) is 0.362. The summed E-state index contributed by atoms with van der Waals surface area (Å²) in [4.78, 5) is 42.9. The van der Waals surface area contributed by atoms with Gasteiger partial charge in [-0.25, -0.2) is 9.78 Å². The Kier molecular flexibility index (Phi) is 5.74. The van der Waals surface area contributed by atoms with E-state index in [0.717, 1.165) is 16.9 Å². The lowest BCUT2D eigenvalue weighted by molar-refractivity contribution is 0.0464. The average Bonchev–Trinajstić information content (AvgIpc) is 3.00. The summed E-state index contributed by atoms with van der Waals surface area (Å²) in [7, 11) is 0. The van der Waals surface area contributed by atoms with Crippen LogP contribution in [0.4, 0.5) is 0 Å². The number of carbonyl (C=O) groups is 2. The molecule has 3 rings (SSSR count). The Bertz CT molecular complexity index is 1090. The number of Topliss-reactive ketones (excluding diaryl/α,β-unsaturated/α-hetero) is 1. The second-order valence-electron chi connectivity index (χ2n) is 7.20. The van der Waals surface area contributed by atoms with Gasteiger partial charge in [-0.3, -0.25) is 14.2 Å². The molecule has 146 valence electrons. The number of aryl methyl sites for hydroxylation is 2. The number of benzene rings is 1. The SMILES string of the molecule is Cc1ccc(C(=O)Cn2cnc3sc(C(=O)OCC(C)C)c(C)c3c2=O)cc1. The second kappa shape index (κ2) is 8.06. The lowest BCUT2D eigenvalue weighted by Gasteiger charge is -2.06. The van der Waals surface area contributed by atoms with E-state index in [1.165, 1.54) is 10.9 Å². The maximum absolute atomic E-state index is 12.9. The molecule has 0 aliphatic heterocycles. The van der Waals surface area contributed by atoms with Crippen LogP contribution < -0.4 is 5.56 Å². The first-order chi connectivity index (χ1) is 13.3. The van der Waals surface area contributed by atoms with Crippen molar-refractivity contribution >= 4 is 33.3 Å². The molecular weight excluding hydrogens is 376 g/mol. The molecule has 0 atom stereocenters. The van der Waals surface area contributed by atoms with Gasteiger partial charge < -0.3 is 4.74 Å². The highest BCUT2D eigenvalue weighted by atomic mass is 32.1. The zero-order valence-corrected chi connectivity index (χ0v) is 17.1. The summed E-state index contributed by atoms with van der Waals surface area (Å²) in [5.74, 6) is -0.398. The van der Waals surface area contributed by atoms with E-state index in [1.54, 1.807) is 19.1 Å². The Morgan fingerprint density at radius 2 is 1.86 bits per heavy atom. The first-order valence-electron chi connectivity index (χ1n) is 9.03. The molecule has 6 nitrogen and oxygen atoms in total. The number of carbonyl (C=O) groups excluding carboxylic acids is 2. The highest BCUT2D eigenvalue weighted by Gasteiger charge is 2.21. The quantitative estimate of drug-likeness (QED) is 0.466. The summed E-state index contributed by atoms with van der Waals surface area (Å²) < 4.78 is 6.57. The molecule has 0 saturated carbocycles. The fourth-order valence-corrected chi connectivity index (χ4v) is 3.79. The fraction of sp³-hybridized carbons (Fsp3) is 0.333. The van der Waals surface area contributed by atoms with E-state index in [9.17, 15) is 14.4 Å². The van der Waals surface area contributed by atoms with Gasteiger partial charge in [0.05, 0.1) is 24.9 Å². The number of rotatable bonds is 6. The lowest BCUT2D eigenvalue weighted by atomic mass is 10.1. The van der Waals surface area contributed by atoms with Crippen molar-refractivity contribution in [2.24, 2.45) is 5.92 Å². The Balaban J connectivity index is 1.91. The smallest absolute Gasteiger partial charge is 0.348 e. The van der Waals surface area contributed by atoms with Gasteiger partial charge in [-0.1, -0.05) is 43.7 Å². The van der Waals surface area contributed by atoms with Crippen molar-refractivity contribution in [2.45, 2.75) is 34.2 Å². The van der Waals surface area contributed by atoms with Crippen LogP contribution in [0.1, 0.15) is 45.0 Å². The van der Waals surface area contributed by atoms with Crippen LogP contribution >= 0.6 is 11.3 Å². The monoisotopic (exact) mass is 398 g/mol. The van der Waals surface area contributed by atoms with Gasteiger partial charge in [-0.2, -0.15) is 0 Å². The van der Waals surface area contributed by atoms with Gasteiger partial charge >= 0.3 is 5.97 Å². The Hall–Kier alpha value is -2.80. The maximum Gasteiger partial charge on any atom is 0.348 e. The third kappa shape index (κ3) is 4.04. The molecule has 7 heteroatoms. The number of aromatic nitrogens is 2.